The summed E-state index contributed by atoms with van der Waals surface area (Å²) in [5.74, 6) is -3.75. The zero-order chi connectivity index (χ0) is 43.7. The number of esters is 1. The Kier molecular flexibility index (Phi) is 11.6. The van der Waals surface area contributed by atoms with E-state index in [2.05, 4.69) is 5.32 Å². The number of aliphatic hydroxyl groups is 3. The Balaban J connectivity index is 1.33. The minimum atomic E-state index is -5.30. The van der Waals surface area contributed by atoms with Gasteiger partial charge in [-0.05, 0) is 51.7 Å². The molecule has 13 nitrogen and oxygen atoms in total. The molecule has 2 aliphatic carbocycles. The fourth-order valence-electron chi connectivity index (χ4n) is 8.79. The topological polar surface area (TPSA) is 176 Å². The molecule has 0 saturated carbocycles. The molecule has 0 radical (unpaired) electrons. The van der Waals surface area contributed by atoms with Crippen LogP contribution >= 0.6 is 23.2 Å². The molecule has 5 heterocycles. The highest BCUT2D eigenvalue weighted by molar-refractivity contribution is 6.34. The van der Waals surface area contributed by atoms with Crippen LogP contribution in [0.1, 0.15) is 66.3 Å². The zero-order valence-electron chi connectivity index (χ0n) is 32.9. The highest BCUT2D eigenvalue weighted by Crippen LogP contribution is 2.59. The number of methoxy groups -OCH3 is 1. The number of rotatable bonds is 7. The van der Waals surface area contributed by atoms with E-state index in [1.54, 1.807) is 57.1 Å². The van der Waals surface area contributed by atoms with Gasteiger partial charge in [0.2, 0.25) is 0 Å². The molecule has 0 unspecified atom stereocenters. The molecule has 3 aromatic carbocycles. The van der Waals surface area contributed by atoms with Crippen molar-refractivity contribution in [2.75, 3.05) is 27.8 Å². The van der Waals surface area contributed by atoms with Gasteiger partial charge in [-0.15, -0.1) is 0 Å². The number of halogens is 5. The number of alkyl halides is 3. The molecule has 3 aromatic rings. The first-order valence-electron chi connectivity index (χ1n) is 18.8. The standard InChI is InChI=1S/C42H43Cl2F3N2O11/c1-39(2)35(49(3)4)32(53)33(54)37(59-39)60-40-15-9-12-24(40)30-23-14-13-22(31(30)44)28(51)19-57-29(52)18-26(20-16-25(43)34(27(50)17-20)58-36(23)40)48-38(55)41(56-5,42(45,46)47)21-10-7-6-8-11-21/h6-17,26,28,32-33,35-37,50-51,53-54H,18-19H2,1-5H3,(H,48,55)/t26-,28-,32-,33+,35-,36+,37-,40+,41-/m0/s1. The van der Waals surface area contributed by atoms with Gasteiger partial charge in [0.1, 0.15) is 24.9 Å². The van der Waals surface area contributed by atoms with Crippen LogP contribution in [0.25, 0.3) is 5.57 Å². The van der Waals surface area contributed by atoms with E-state index in [0.29, 0.717) is 16.7 Å². The quantitative estimate of drug-likeness (QED) is 0.187. The normalized spacial score (nSPS) is 29.5. The van der Waals surface area contributed by atoms with E-state index in [9.17, 15) is 43.2 Å². The number of ether oxygens (including phenoxy) is 5. The van der Waals surface area contributed by atoms with E-state index < -0.39 is 102 Å². The van der Waals surface area contributed by atoms with Crippen LogP contribution in [0.2, 0.25) is 10.0 Å². The summed E-state index contributed by atoms with van der Waals surface area (Å²) in [5.41, 5.74) is -5.74. The highest BCUT2D eigenvalue weighted by Gasteiger charge is 2.63. The third-order valence-corrected chi connectivity index (χ3v) is 12.1. The van der Waals surface area contributed by atoms with Crippen LogP contribution in [0.4, 0.5) is 13.2 Å². The lowest BCUT2D eigenvalue weighted by Gasteiger charge is -2.51. The van der Waals surface area contributed by atoms with E-state index >= 15 is 0 Å². The summed E-state index contributed by atoms with van der Waals surface area (Å²) in [6, 6.07) is 9.21. The van der Waals surface area contributed by atoms with Gasteiger partial charge in [-0.3, -0.25) is 9.59 Å². The number of hydrogen-bond donors (Lipinski definition) is 5. The number of hydrogen-bond acceptors (Lipinski definition) is 12. The minimum Gasteiger partial charge on any atom is -0.504 e. The fraction of sp³-hybridized carbons (Fsp3) is 0.429. The first kappa shape index (κ1) is 43.8. The largest absolute Gasteiger partial charge is 0.504 e. The average Bonchev–Trinajstić information content (AvgIpc) is 3.68. The van der Waals surface area contributed by atoms with Crippen molar-refractivity contribution in [3.8, 4) is 11.5 Å². The molecular formula is C42H43Cl2F3N2O11. The fourth-order valence-corrected chi connectivity index (χ4v) is 9.45. The molecule has 0 spiro atoms. The molecule has 5 aliphatic heterocycles. The van der Waals surface area contributed by atoms with Gasteiger partial charge in [0.25, 0.3) is 11.5 Å². The molecule has 7 aliphatic rings. The number of aliphatic hydroxyl groups excluding tert-OH is 3. The molecule has 0 aromatic heterocycles. The number of amides is 1. The van der Waals surface area contributed by atoms with Crippen molar-refractivity contribution in [2.45, 2.75) is 86.0 Å². The van der Waals surface area contributed by atoms with Gasteiger partial charge in [0.15, 0.2) is 29.5 Å². The minimum absolute atomic E-state index is 0.00934. The van der Waals surface area contributed by atoms with Crippen LogP contribution in [-0.4, -0.2) is 107 Å². The second-order valence-corrected chi connectivity index (χ2v) is 16.6. The lowest BCUT2D eigenvalue weighted by Crippen LogP contribution is -2.67. The maximum absolute atomic E-state index is 14.9. The van der Waals surface area contributed by atoms with Crippen LogP contribution in [0.15, 0.2) is 72.8 Å². The van der Waals surface area contributed by atoms with E-state index in [1.807, 2.05) is 0 Å². The van der Waals surface area contributed by atoms with Gasteiger partial charge < -0.3 is 54.3 Å². The van der Waals surface area contributed by atoms with E-state index in [1.165, 1.54) is 30.3 Å². The molecule has 1 amide bonds. The van der Waals surface area contributed by atoms with Crippen molar-refractivity contribution in [3.05, 3.63) is 111 Å². The molecule has 322 valence electrons. The summed E-state index contributed by atoms with van der Waals surface area (Å²) >= 11 is 13.9. The van der Waals surface area contributed by atoms with Gasteiger partial charge in [-0.2, -0.15) is 13.2 Å². The number of carbonyl (C=O) groups is 2. The SMILES string of the molecule is CO[C@](C(=O)N[C@H]1CC(=O)OC[C@H](O)c2ccc3c(c2Cl)C2=CC=C[C@]2(O[C@@H]2OC(C)(C)[C@@H](N(C)C)[C@@H](O)[C@H]2O)[C@@H]3Oc2c(O)cc1cc2Cl)(c1ccccc1)C(F)(F)F. The summed E-state index contributed by atoms with van der Waals surface area (Å²) in [6.07, 6.45) is -8.36. The average molecular weight is 880 g/mol. The number of benzene rings is 3. The summed E-state index contributed by atoms with van der Waals surface area (Å²) in [6.45, 7) is 2.80. The Morgan fingerprint density at radius 1 is 1.02 bits per heavy atom. The molecule has 1 fully saturated rings. The lowest BCUT2D eigenvalue weighted by molar-refractivity contribution is -0.329. The van der Waals surface area contributed by atoms with E-state index in [0.717, 1.165) is 25.3 Å². The van der Waals surface area contributed by atoms with Crippen LogP contribution < -0.4 is 10.1 Å². The van der Waals surface area contributed by atoms with Crippen molar-refractivity contribution in [2.24, 2.45) is 0 Å². The second-order valence-electron chi connectivity index (χ2n) is 15.8. The summed E-state index contributed by atoms with van der Waals surface area (Å²) in [5, 5.41) is 47.7. The Labute approximate surface area is 352 Å². The molecule has 5 N–H and O–H groups in total. The number of likely N-dealkylation sites (N-methyl/N-ethyl adjacent to an activating group) is 1. The number of nitrogens with zero attached hydrogens (tertiary/aromatic N) is 1. The molecule has 6 bridgehead atoms. The number of phenols is 1. The molecule has 9 atom stereocenters. The van der Waals surface area contributed by atoms with Gasteiger partial charge in [-0.1, -0.05) is 77.8 Å². The molecule has 18 heteroatoms. The number of nitrogens with one attached hydrogen (secondary N) is 1. The molecular weight excluding hydrogens is 836 g/mol. The van der Waals surface area contributed by atoms with Crippen molar-refractivity contribution < 1.29 is 66.9 Å². The predicted molar refractivity (Wildman–Crippen MR) is 210 cm³/mol. The van der Waals surface area contributed by atoms with Gasteiger partial charge >= 0.3 is 12.1 Å². The molecule has 1 saturated heterocycles. The van der Waals surface area contributed by atoms with Crippen molar-refractivity contribution in [3.63, 3.8) is 0 Å². The third kappa shape index (κ3) is 7.14. The summed E-state index contributed by atoms with van der Waals surface area (Å²) in [4.78, 5) is 29.0. The molecule has 60 heavy (non-hydrogen) atoms. The first-order valence-corrected chi connectivity index (χ1v) is 19.6. The van der Waals surface area contributed by atoms with Crippen LogP contribution in [0, 0.1) is 0 Å². The van der Waals surface area contributed by atoms with Crippen LogP contribution in [0.3, 0.4) is 0 Å². The van der Waals surface area contributed by atoms with E-state index in [-0.39, 0.29) is 26.9 Å². The maximum Gasteiger partial charge on any atom is 0.430 e. The van der Waals surface area contributed by atoms with E-state index in [4.69, 9.17) is 46.9 Å². The number of carbonyl (C=O) groups excluding carboxylic acids is 2. The zero-order valence-corrected chi connectivity index (χ0v) is 34.4. The van der Waals surface area contributed by atoms with Crippen molar-refractivity contribution in [1.29, 1.82) is 0 Å². The second kappa shape index (κ2) is 15.9. The smallest absolute Gasteiger partial charge is 0.430 e. The number of phenolic OH excluding ortho intramolecular Hbond substituents is 1. The van der Waals surface area contributed by atoms with Crippen LogP contribution in [0.5, 0.6) is 11.5 Å². The summed E-state index contributed by atoms with van der Waals surface area (Å²) < 4.78 is 74.6. The Morgan fingerprint density at radius 2 is 1.70 bits per heavy atom. The van der Waals surface area contributed by atoms with Crippen molar-refractivity contribution >= 4 is 40.7 Å². The van der Waals surface area contributed by atoms with Crippen molar-refractivity contribution in [1.82, 2.24) is 10.2 Å². The van der Waals surface area contributed by atoms with Gasteiger partial charge in [0.05, 0.1) is 34.2 Å². The Bertz CT molecular complexity index is 2220. The first-order chi connectivity index (χ1) is 28.2. The lowest BCUT2D eigenvalue weighted by atomic mass is 9.86. The number of allylic oxidation sites excluding steroid dienone is 2. The highest BCUT2D eigenvalue weighted by atomic mass is 35.5. The van der Waals surface area contributed by atoms with Gasteiger partial charge in [0, 0.05) is 34.9 Å². The number of aromatic hydroxyl groups is 1. The Hall–Kier alpha value is -4.23. The van der Waals surface area contributed by atoms with Gasteiger partial charge in [-0.25, -0.2) is 0 Å². The van der Waals surface area contributed by atoms with Crippen LogP contribution in [-0.2, 0) is 34.1 Å². The monoisotopic (exact) mass is 878 g/mol. The number of fused-ring (bicyclic) bond motifs is 1. The summed E-state index contributed by atoms with van der Waals surface area (Å²) in [7, 11) is 4.19. The third-order valence-electron chi connectivity index (χ3n) is 11.5. The predicted octanol–water partition coefficient (Wildman–Crippen LogP) is 5.57. The maximum atomic E-state index is 14.9. The Morgan fingerprint density at radius 3 is 2.33 bits per heavy atom. The molecule has 10 rings (SSSR count).